The fraction of sp³-hybridized carbons (Fsp3) is 0.421. The Morgan fingerprint density at radius 2 is 2.04 bits per heavy atom. The molecular weight excluding hydrogens is 404 g/mol. The van der Waals surface area contributed by atoms with E-state index in [1.165, 1.54) is 15.6 Å². The molecule has 1 aromatic carbocycles. The van der Waals surface area contributed by atoms with E-state index in [9.17, 15) is 13.2 Å². The average molecular weight is 427 g/mol. The number of benzene rings is 1. The molecule has 1 unspecified atom stereocenters. The smallest absolute Gasteiger partial charge is 0.252 e. The molecule has 27 heavy (non-hydrogen) atoms. The van der Waals surface area contributed by atoms with Crippen molar-refractivity contribution in [1.82, 2.24) is 9.21 Å². The number of aryl methyl sites for hydroxylation is 1. The van der Waals surface area contributed by atoms with E-state index in [1.807, 2.05) is 31.2 Å². The number of carbonyl (C=O) groups excluding carboxylic acids is 1. The summed E-state index contributed by atoms with van der Waals surface area (Å²) in [5, 5.41) is 0.623. The lowest BCUT2D eigenvalue weighted by Crippen LogP contribution is -2.45. The van der Waals surface area contributed by atoms with Crippen LogP contribution in [0.2, 0.25) is 5.02 Å². The molecule has 0 aliphatic carbocycles. The Kier molecular flexibility index (Phi) is 6.25. The molecule has 0 saturated carbocycles. The van der Waals surface area contributed by atoms with Crippen LogP contribution in [0.25, 0.3) is 0 Å². The summed E-state index contributed by atoms with van der Waals surface area (Å²) < 4.78 is 27.5. The van der Waals surface area contributed by atoms with E-state index in [1.54, 1.807) is 24.1 Å². The Hall–Kier alpha value is -1.41. The minimum absolute atomic E-state index is 0.0443. The van der Waals surface area contributed by atoms with Crippen molar-refractivity contribution >= 4 is 38.9 Å². The van der Waals surface area contributed by atoms with E-state index in [-0.39, 0.29) is 18.4 Å². The number of piperidine rings is 1. The van der Waals surface area contributed by atoms with Crippen molar-refractivity contribution in [2.24, 2.45) is 5.92 Å². The van der Waals surface area contributed by atoms with Gasteiger partial charge in [0, 0.05) is 36.6 Å². The van der Waals surface area contributed by atoms with Gasteiger partial charge in [0.25, 0.3) is 10.0 Å². The largest absolute Gasteiger partial charge is 0.341 e. The van der Waals surface area contributed by atoms with Crippen molar-refractivity contribution in [1.29, 1.82) is 0 Å². The normalized spacial score (nSPS) is 18.4. The van der Waals surface area contributed by atoms with Gasteiger partial charge in [0.1, 0.15) is 4.21 Å². The lowest BCUT2D eigenvalue weighted by atomic mass is 9.98. The van der Waals surface area contributed by atoms with Crippen LogP contribution < -0.4 is 0 Å². The number of hydrogen-bond donors (Lipinski definition) is 0. The Morgan fingerprint density at radius 1 is 1.30 bits per heavy atom. The number of sulfonamides is 1. The summed E-state index contributed by atoms with van der Waals surface area (Å²) in [5.41, 5.74) is 0.879. The molecule has 0 spiro atoms. The monoisotopic (exact) mass is 426 g/mol. The van der Waals surface area contributed by atoms with Gasteiger partial charge < -0.3 is 4.90 Å². The van der Waals surface area contributed by atoms with Crippen LogP contribution in [0.15, 0.2) is 40.6 Å². The van der Waals surface area contributed by atoms with Gasteiger partial charge in [-0.05, 0) is 43.5 Å². The van der Waals surface area contributed by atoms with Crippen LogP contribution >= 0.6 is 22.9 Å². The Morgan fingerprint density at radius 3 is 2.70 bits per heavy atom. The molecule has 146 valence electrons. The molecule has 3 rings (SSSR count). The maximum absolute atomic E-state index is 12.9. The summed E-state index contributed by atoms with van der Waals surface area (Å²) >= 11 is 7.46. The minimum atomic E-state index is -3.54. The molecule has 2 aromatic rings. The van der Waals surface area contributed by atoms with Gasteiger partial charge in [0.2, 0.25) is 5.91 Å². The third-order valence-electron chi connectivity index (χ3n) is 4.78. The first-order valence-electron chi connectivity index (χ1n) is 8.84. The zero-order valence-electron chi connectivity index (χ0n) is 15.4. The van der Waals surface area contributed by atoms with Crippen molar-refractivity contribution in [3.63, 3.8) is 0 Å². The van der Waals surface area contributed by atoms with Crippen molar-refractivity contribution in [2.75, 3.05) is 20.1 Å². The lowest BCUT2D eigenvalue weighted by molar-refractivity contribution is -0.135. The number of rotatable bonds is 5. The van der Waals surface area contributed by atoms with Gasteiger partial charge in [-0.1, -0.05) is 29.8 Å². The third-order valence-corrected chi connectivity index (χ3v) is 8.49. The predicted octanol–water partition coefficient (Wildman–Crippen LogP) is 3.77. The summed E-state index contributed by atoms with van der Waals surface area (Å²) in [6, 6.07) is 10.9. The van der Waals surface area contributed by atoms with Gasteiger partial charge in [0.05, 0.1) is 5.92 Å². The van der Waals surface area contributed by atoms with Crippen molar-refractivity contribution in [3.05, 3.63) is 51.9 Å². The molecule has 8 heteroatoms. The van der Waals surface area contributed by atoms with E-state index < -0.39 is 10.0 Å². The third kappa shape index (κ3) is 4.54. The quantitative estimate of drug-likeness (QED) is 0.731. The summed E-state index contributed by atoms with van der Waals surface area (Å²) in [5.74, 6) is -0.376. The highest BCUT2D eigenvalue weighted by molar-refractivity contribution is 7.91. The number of nitrogens with zero attached hydrogens (tertiary/aromatic N) is 2. The van der Waals surface area contributed by atoms with E-state index in [4.69, 9.17) is 11.6 Å². The Balaban J connectivity index is 1.70. The highest BCUT2D eigenvalue weighted by Gasteiger charge is 2.35. The number of thiophene rings is 1. The molecule has 1 amide bonds. The molecule has 1 saturated heterocycles. The van der Waals surface area contributed by atoms with Crippen molar-refractivity contribution < 1.29 is 13.2 Å². The van der Waals surface area contributed by atoms with Gasteiger partial charge in [0.15, 0.2) is 0 Å². The number of amides is 1. The molecule has 2 heterocycles. The van der Waals surface area contributed by atoms with Gasteiger partial charge in [-0.2, -0.15) is 4.31 Å². The molecule has 1 atom stereocenters. The van der Waals surface area contributed by atoms with Crippen LogP contribution in [0, 0.1) is 12.8 Å². The van der Waals surface area contributed by atoms with Gasteiger partial charge in [-0.15, -0.1) is 11.3 Å². The van der Waals surface area contributed by atoms with Crippen LogP contribution in [0.5, 0.6) is 0 Å². The van der Waals surface area contributed by atoms with Crippen LogP contribution in [0.3, 0.4) is 0 Å². The molecule has 5 nitrogen and oxygen atoms in total. The second-order valence-corrected chi connectivity index (χ2v) is 10.7. The molecule has 0 bridgehead atoms. The summed E-state index contributed by atoms with van der Waals surface area (Å²) in [6.07, 6.45) is 1.38. The zero-order valence-corrected chi connectivity index (χ0v) is 17.8. The topological polar surface area (TPSA) is 57.7 Å². The molecule has 0 radical (unpaired) electrons. The SMILES string of the molecule is Cc1ccc(S(=O)(=O)N2CCCC(C(=O)N(C)Cc3ccccc3Cl)C2)s1. The Bertz CT molecular complexity index is 927. The lowest BCUT2D eigenvalue weighted by Gasteiger charge is -2.33. The molecular formula is C19H23ClN2O3S2. The molecule has 0 N–H and O–H groups in total. The average Bonchev–Trinajstić information content (AvgIpc) is 3.10. The van der Waals surface area contributed by atoms with E-state index in [0.717, 1.165) is 10.4 Å². The molecule has 1 aromatic heterocycles. The van der Waals surface area contributed by atoms with Crippen molar-refractivity contribution in [2.45, 2.75) is 30.5 Å². The zero-order chi connectivity index (χ0) is 19.6. The number of carbonyl (C=O) groups is 1. The maximum Gasteiger partial charge on any atom is 0.252 e. The van der Waals surface area contributed by atoms with E-state index in [0.29, 0.717) is 35.2 Å². The highest BCUT2D eigenvalue weighted by Crippen LogP contribution is 2.29. The first-order valence-corrected chi connectivity index (χ1v) is 11.5. The molecule has 1 fully saturated rings. The molecule has 1 aliphatic heterocycles. The van der Waals surface area contributed by atoms with Crippen LogP contribution in [-0.2, 0) is 21.4 Å². The van der Waals surface area contributed by atoms with Gasteiger partial charge in [-0.3, -0.25) is 4.79 Å². The standard InChI is InChI=1S/C19H23ClN2O3S2/c1-14-9-10-18(26-14)27(24,25)22-11-5-7-16(13-22)19(23)21(2)12-15-6-3-4-8-17(15)20/h3-4,6,8-10,16H,5,7,11-13H2,1-2H3. The second-order valence-electron chi connectivity index (χ2n) is 6.85. The first-order chi connectivity index (χ1) is 12.8. The Labute approximate surface area is 169 Å². The molecule has 1 aliphatic rings. The van der Waals surface area contributed by atoms with E-state index in [2.05, 4.69) is 0 Å². The summed E-state index contributed by atoms with van der Waals surface area (Å²) in [4.78, 5) is 15.5. The number of halogens is 1. The maximum atomic E-state index is 12.9. The second kappa shape index (κ2) is 8.31. The number of hydrogen-bond acceptors (Lipinski definition) is 4. The fourth-order valence-corrected chi connectivity index (χ4v) is 6.47. The highest BCUT2D eigenvalue weighted by atomic mass is 35.5. The van der Waals surface area contributed by atoms with Crippen LogP contribution in [0.1, 0.15) is 23.3 Å². The summed E-state index contributed by atoms with van der Waals surface area (Å²) in [7, 11) is -1.80. The summed E-state index contributed by atoms with van der Waals surface area (Å²) in [6.45, 7) is 2.98. The first kappa shape index (κ1) is 20.3. The predicted molar refractivity (Wildman–Crippen MR) is 108 cm³/mol. The fourth-order valence-electron chi connectivity index (χ4n) is 3.31. The van der Waals surface area contributed by atoms with Gasteiger partial charge in [-0.25, -0.2) is 8.42 Å². The minimum Gasteiger partial charge on any atom is -0.341 e. The van der Waals surface area contributed by atoms with Crippen LogP contribution in [0.4, 0.5) is 0 Å². The van der Waals surface area contributed by atoms with E-state index >= 15 is 0 Å². The van der Waals surface area contributed by atoms with Crippen molar-refractivity contribution in [3.8, 4) is 0 Å². The van der Waals surface area contributed by atoms with Gasteiger partial charge >= 0.3 is 0 Å². The van der Waals surface area contributed by atoms with Crippen LogP contribution in [-0.4, -0.2) is 43.7 Å².